The molecule has 0 bridgehead atoms. The summed E-state index contributed by atoms with van der Waals surface area (Å²) in [6.45, 7) is 5.31. The average Bonchev–Trinajstić information content (AvgIpc) is 2.18. The number of rotatable bonds is 5. The van der Waals surface area contributed by atoms with Gasteiger partial charge < -0.3 is 15.0 Å². The second-order valence-electron chi connectivity index (χ2n) is 3.31. The van der Waals surface area contributed by atoms with Crippen LogP contribution in [0.5, 0.6) is 5.88 Å². The van der Waals surface area contributed by atoms with Gasteiger partial charge in [-0.3, -0.25) is 4.79 Å². The van der Waals surface area contributed by atoms with Crippen molar-refractivity contribution in [3.8, 4) is 5.88 Å². The van der Waals surface area contributed by atoms with Gasteiger partial charge in [0.2, 0.25) is 5.88 Å². The van der Waals surface area contributed by atoms with E-state index in [0.717, 1.165) is 6.54 Å². The zero-order valence-electron chi connectivity index (χ0n) is 8.71. The van der Waals surface area contributed by atoms with Crippen molar-refractivity contribution in [3.63, 3.8) is 0 Å². The fourth-order valence-electron chi connectivity index (χ4n) is 0.963. The first kappa shape index (κ1) is 12.2. The van der Waals surface area contributed by atoms with Crippen LogP contribution in [0.3, 0.4) is 0 Å². The Hall–Kier alpha value is -0.880. The third-order valence-corrected chi connectivity index (χ3v) is 2.36. The second-order valence-corrected chi connectivity index (χ2v) is 4.10. The summed E-state index contributed by atoms with van der Waals surface area (Å²) in [5, 5.41) is 3.20. The van der Waals surface area contributed by atoms with Crippen molar-refractivity contribution >= 4 is 15.9 Å². The summed E-state index contributed by atoms with van der Waals surface area (Å²) in [6.07, 6.45) is 1.32. The molecule has 0 radical (unpaired) electrons. The largest absolute Gasteiger partial charge is 0.475 e. The maximum atomic E-state index is 11.1. The summed E-state index contributed by atoms with van der Waals surface area (Å²) >= 11 is 3.11. The SMILES string of the molecule is CC(C)NCCOc1nc[nH]c(=O)c1Br. The summed E-state index contributed by atoms with van der Waals surface area (Å²) in [6, 6.07) is 0.421. The van der Waals surface area contributed by atoms with Crippen LogP contribution in [-0.4, -0.2) is 29.2 Å². The van der Waals surface area contributed by atoms with Crippen LogP contribution >= 0.6 is 15.9 Å². The van der Waals surface area contributed by atoms with E-state index < -0.39 is 0 Å². The number of hydrogen-bond acceptors (Lipinski definition) is 4. The molecule has 2 N–H and O–H groups in total. The molecule has 0 unspecified atom stereocenters. The number of nitrogens with one attached hydrogen (secondary N) is 2. The molecule has 0 saturated carbocycles. The van der Waals surface area contributed by atoms with Gasteiger partial charge in [0, 0.05) is 12.6 Å². The van der Waals surface area contributed by atoms with E-state index >= 15 is 0 Å². The van der Waals surface area contributed by atoms with E-state index in [2.05, 4.69) is 45.1 Å². The van der Waals surface area contributed by atoms with Gasteiger partial charge in [0.1, 0.15) is 11.1 Å². The van der Waals surface area contributed by atoms with Crippen molar-refractivity contribution in [3.05, 3.63) is 21.2 Å². The minimum atomic E-state index is -0.239. The maximum absolute atomic E-state index is 11.1. The van der Waals surface area contributed by atoms with Crippen LogP contribution in [0.1, 0.15) is 13.8 Å². The Balaban J connectivity index is 2.44. The van der Waals surface area contributed by atoms with Gasteiger partial charge in [0.15, 0.2) is 0 Å². The van der Waals surface area contributed by atoms with Crippen LogP contribution in [0, 0.1) is 0 Å². The zero-order valence-corrected chi connectivity index (χ0v) is 10.3. The van der Waals surface area contributed by atoms with Gasteiger partial charge >= 0.3 is 0 Å². The zero-order chi connectivity index (χ0) is 11.3. The van der Waals surface area contributed by atoms with Gasteiger partial charge in [0.05, 0.1) is 6.33 Å². The molecular weight excluding hydrogens is 262 g/mol. The highest BCUT2D eigenvalue weighted by Gasteiger charge is 2.05. The highest BCUT2D eigenvalue weighted by Crippen LogP contribution is 2.15. The van der Waals surface area contributed by atoms with E-state index in [9.17, 15) is 4.79 Å². The molecule has 1 rings (SSSR count). The lowest BCUT2D eigenvalue weighted by Crippen LogP contribution is -2.28. The van der Waals surface area contributed by atoms with Gasteiger partial charge in [-0.15, -0.1) is 0 Å². The molecule has 0 aliphatic carbocycles. The van der Waals surface area contributed by atoms with Gasteiger partial charge in [-0.2, -0.15) is 0 Å². The second kappa shape index (κ2) is 5.87. The van der Waals surface area contributed by atoms with E-state index in [0.29, 0.717) is 23.0 Å². The van der Waals surface area contributed by atoms with Crippen LogP contribution in [0.25, 0.3) is 0 Å². The number of halogens is 1. The summed E-state index contributed by atoms with van der Waals surface area (Å²) in [5.74, 6) is 0.323. The van der Waals surface area contributed by atoms with Crippen molar-refractivity contribution in [2.24, 2.45) is 0 Å². The summed E-state index contributed by atoms with van der Waals surface area (Å²) < 4.78 is 5.66. The molecule has 1 aromatic heterocycles. The first-order valence-corrected chi connectivity index (χ1v) is 5.50. The first-order valence-electron chi connectivity index (χ1n) is 4.70. The molecule has 0 saturated heterocycles. The maximum Gasteiger partial charge on any atom is 0.268 e. The van der Waals surface area contributed by atoms with Crippen LogP contribution in [0.2, 0.25) is 0 Å². The number of nitrogens with zero attached hydrogens (tertiary/aromatic N) is 1. The highest BCUT2D eigenvalue weighted by atomic mass is 79.9. The van der Waals surface area contributed by atoms with Crippen molar-refractivity contribution in [2.75, 3.05) is 13.2 Å². The van der Waals surface area contributed by atoms with Crippen LogP contribution in [-0.2, 0) is 0 Å². The van der Waals surface area contributed by atoms with E-state index in [-0.39, 0.29) is 5.56 Å². The van der Waals surface area contributed by atoms with Gasteiger partial charge in [-0.05, 0) is 15.9 Å². The minimum absolute atomic E-state index is 0.239. The lowest BCUT2D eigenvalue weighted by Gasteiger charge is -2.09. The van der Waals surface area contributed by atoms with Crippen LogP contribution in [0.15, 0.2) is 15.6 Å². The van der Waals surface area contributed by atoms with E-state index in [1.54, 1.807) is 0 Å². The molecule has 0 fully saturated rings. The smallest absolute Gasteiger partial charge is 0.268 e. The van der Waals surface area contributed by atoms with Crippen molar-refractivity contribution in [1.82, 2.24) is 15.3 Å². The number of hydrogen-bond donors (Lipinski definition) is 2. The minimum Gasteiger partial charge on any atom is -0.475 e. The molecule has 5 nitrogen and oxygen atoms in total. The fraction of sp³-hybridized carbons (Fsp3) is 0.556. The summed E-state index contributed by atoms with van der Waals surface area (Å²) in [5.41, 5.74) is -0.239. The highest BCUT2D eigenvalue weighted by molar-refractivity contribution is 9.10. The Morgan fingerprint density at radius 1 is 1.67 bits per heavy atom. The molecule has 0 amide bonds. The predicted molar refractivity (Wildman–Crippen MR) is 61.2 cm³/mol. The third-order valence-electron chi connectivity index (χ3n) is 1.66. The third kappa shape index (κ3) is 4.01. The van der Waals surface area contributed by atoms with Crippen LogP contribution < -0.4 is 15.6 Å². The number of ether oxygens (including phenoxy) is 1. The Morgan fingerprint density at radius 3 is 3.07 bits per heavy atom. The van der Waals surface area contributed by atoms with Crippen LogP contribution in [0.4, 0.5) is 0 Å². The molecular formula is C9H14BrN3O2. The van der Waals surface area contributed by atoms with E-state index in [1.165, 1.54) is 6.33 Å². The molecule has 0 aliphatic rings. The van der Waals surface area contributed by atoms with Crippen molar-refractivity contribution in [2.45, 2.75) is 19.9 Å². The topological polar surface area (TPSA) is 67.0 Å². The first-order chi connectivity index (χ1) is 7.11. The molecule has 0 aromatic carbocycles. The van der Waals surface area contributed by atoms with Crippen molar-refractivity contribution < 1.29 is 4.74 Å². The predicted octanol–water partition coefficient (Wildman–Crippen LogP) is 0.909. The van der Waals surface area contributed by atoms with E-state index in [1.807, 2.05) is 0 Å². The van der Waals surface area contributed by atoms with Gasteiger partial charge in [-0.25, -0.2) is 4.98 Å². The van der Waals surface area contributed by atoms with E-state index in [4.69, 9.17) is 4.74 Å². The molecule has 0 aliphatic heterocycles. The lowest BCUT2D eigenvalue weighted by atomic mass is 10.4. The van der Waals surface area contributed by atoms with Crippen molar-refractivity contribution in [1.29, 1.82) is 0 Å². The molecule has 1 heterocycles. The molecule has 15 heavy (non-hydrogen) atoms. The normalized spacial score (nSPS) is 10.7. The quantitative estimate of drug-likeness (QED) is 0.784. The molecule has 0 spiro atoms. The van der Waals surface area contributed by atoms with Gasteiger partial charge in [-0.1, -0.05) is 13.8 Å². The fourth-order valence-corrected chi connectivity index (χ4v) is 1.29. The molecule has 6 heteroatoms. The number of aromatic nitrogens is 2. The Kier molecular flexibility index (Phi) is 4.77. The lowest BCUT2D eigenvalue weighted by molar-refractivity contribution is 0.295. The molecule has 1 aromatic rings. The standard InChI is InChI=1S/C9H14BrN3O2/c1-6(2)11-3-4-15-9-7(10)8(14)12-5-13-9/h5-6,11H,3-4H2,1-2H3,(H,12,13,14). The average molecular weight is 276 g/mol. The number of H-pyrrole nitrogens is 1. The Morgan fingerprint density at radius 2 is 2.40 bits per heavy atom. The summed E-state index contributed by atoms with van der Waals surface area (Å²) in [7, 11) is 0. The van der Waals surface area contributed by atoms with Gasteiger partial charge in [0.25, 0.3) is 5.56 Å². The molecule has 84 valence electrons. The monoisotopic (exact) mass is 275 g/mol. The Labute approximate surface area is 96.4 Å². The molecule has 0 atom stereocenters. The summed E-state index contributed by atoms with van der Waals surface area (Å²) in [4.78, 5) is 17.5. The Bertz CT molecular complexity index is 365. The number of aromatic amines is 1.